The van der Waals surface area contributed by atoms with Gasteiger partial charge in [0.1, 0.15) is 0 Å². The van der Waals surface area contributed by atoms with Gasteiger partial charge in [-0.15, -0.1) is 0 Å². The zero-order chi connectivity index (χ0) is 26.1. The minimum Gasteiger partial charge on any atom is -0.468 e. The van der Waals surface area contributed by atoms with Crippen molar-refractivity contribution < 1.29 is 23.2 Å². The van der Waals surface area contributed by atoms with Gasteiger partial charge in [-0.2, -0.15) is 0 Å². The molecule has 0 bridgehead atoms. The molecule has 1 aliphatic carbocycles. The Labute approximate surface area is 212 Å². The summed E-state index contributed by atoms with van der Waals surface area (Å²) in [6, 6.07) is 21.2. The molecule has 3 rings (SSSR count). The Balaban J connectivity index is 2.15. The van der Waals surface area contributed by atoms with Crippen molar-refractivity contribution in [1.82, 2.24) is 0 Å². The molecule has 0 aliphatic heterocycles. The van der Waals surface area contributed by atoms with Crippen LogP contribution in [0.3, 0.4) is 0 Å². The van der Waals surface area contributed by atoms with Crippen molar-refractivity contribution in [2.45, 2.75) is 64.2 Å². The summed E-state index contributed by atoms with van der Waals surface area (Å²) in [6.45, 7) is 13.4. The largest absolute Gasteiger partial charge is 0.468 e. The third-order valence-electron chi connectivity index (χ3n) is 7.80. The number of benzene rings is 2. The van der Waals surface area contributed by atoms with Gasteiger partial charge in [0.15, 0.2) is 13.7 Å². The van der Waals surface area contributed by atoms with E-state index in [0.29, 0.717) is 12.8 Å². The van der Waals surface area contributed by atoms with Gasteiger partial charge in [0.2, 0.25) is 0 Å². The van der Waals surface area contributed by atoms with Crippen LogP contribution in [0.25, 0.3) is 0 Å². The van der Waals surface area contributed by atoms with Crippen molar-refractivity contribution >= 4 is 38.9 Å². The van der Waals surface area contributed by atoms with Gasteiger partial charge in [-0.25, -0.2) is 0 Å². The highest BCUT2D eigenvalue weighted by atomic mass is 28.4. The second-order valence-electron chi connectivity index (χ2n) is 11.4. The van der Waals surface area contributed by atoms with Gasteiger partial charge in [-0.1, -0.05) is 88.4 Å². The number of methoxy groups -OCH3 is 2. The summed E-state index contributed by atoms with van der Waals surface area (Å²) in [5, 5.41) is 2.32. The summed E-state index contributed by atoms with van der Waals surface area (Å²) in [6.07, 6.45) is 0.808. The lowest BCUT2D eigenvalue weighted by molar-refractivity contribution is -0.168. The normalized spacial score (nSPS) is 20.3. The fourth-order valence-electron chi connectivity index (χ4n) is 6.21. The van der Waals surface area contributed by atoms with Crippen molar-refractivity contribution in [1.29, 1.82) is 0 Å². The molecule has 0 radical (unpaired) electrons. The lowest BCUT2D eigenvalue weighted by Crippen LogP contribution is -2.70. The maximum atomic E-state index is 12.9. The van der Waals surface area contributed by atoms with Gasteiger partial charge in [0.05, 0.1) is 14.2 Å². The minimum atomic E-state index is -2.77. The molecule has 2 aromatic rings. The summed E-state index contributed by atoms with van der Waals surface area (Å²) < 4.78 is 17.8. The molecule has 2 aromatic carbocycles. The van der Waals surface area contributed by atoms with Crippen molar-refractivity contribution in [2.24, 2.45) is 11.3 Å². The van der Waals surface area contributed by atoms with Crippen LogP contribution in [0.15, 0.2) is 60.7 Å². The molecular formula is C28H40O5Si2. The third-order valence-corrected chi connectivity index (χ3v) is 18.1. The SMILES string of the molecule is COC(=O)C1(C(=O)OC)C[C@H](C)[C@@H]([Si](C)(C)O[Si](c2ccccc2)(c2ccccc2)C(C)(C)C)C1. The van der Waals surface area contributed by atoms with E-state index in [1.165, 1.54) is 24.6 Å². The quantitative estimate of drug-likeness (QED) is 0.300. The van der Waals surface area contributed by atoms with Crippen LogP contribution in [0.5, 0.6) is 0 Å². The van der Waals surface area contributed by atoms with Gasteiger partial charge in [-0.05, 0) is 52.8 Å². The zero-order valence-electron chi connectivity index (χ0n) is 22.4. The average Bonchev–Trinajstić information content (AvgIpc) is 3.21. The fourth-order valence-corrected chi connectivity index (χ4v) is 17.9. The number of rotatable bonds is 7. The molecule has 2 atom stereocenters. The monoisotopic (exact) mass is 512 g/mol. The van der Waals surface area contributed by atoms with Crippen molar-refractivity contribution in [2.75, 3.05) is 14.2 Å². The lowest BCUT2D eigenvalue weighted by atomic mass is 9.85. The van der Waals surface area contributed by atoms with Crippen LogP contribution < -0.4 is 10.4 Å². The van der Waals surface area contributed by atoms with Crippen LogP contribution >= 0.6 is 0 Å². The fraction of sp³-hybridized carbons (Fsp3) is 0.500. The van der Waals surface area contributed by atoms with E-state index >= 15 is 0 Å². The minimum absolute atomic E-state index is 0.0855. The van der Waals surface area contributed by atoms with E-state index in [0.717, 1.165) is 0 Å². The number of hydrogen-bond acceptors (Lipinski definition) is 5. The predicted molar refractivity (Wildman–Crippen MR) is 145 cm³/mol. The number of ether oxygens (including phenoxy) is 2. The van der Waals surface area contributed by atoms with Crippen LogP contribution in [0.4, 0.5) is 0 Å². The first-order valence-electron chi connectivity index (χ1n) is 12.3. The van der Waals surface area contributed by atoms with Gasteiger partial charge in [0.25, 0.3) is 8.32 Å². The predicted octanol–water partition coefficient (Wildman–Crippen LogP) is 4.90. The average molecular weight is 513 g/mol. The summed E-state index contributed by atoms with van der Waals surface area (Å²) >= 11 is 0. The summed E-state index contributed by atoms with van der Waals surface area (Å²) in [5.41, 5.74) is -1.19. The standard InChI is InChI=1S/C28H40O5Si2/c1-21-19-28(25(29)31-5,26(30)32-6)20-24(21)34(7,8)33-35(27(2,3)4,22-15-11-9-12-16-22)23-17-13-10-14-18-23/h9-18,21,24H,19-20H2,1-8H3/t21-,24-/m0/s1. The van der Waals surface area contributed by atoms with Crippen molar-refractivity contribution in [3.05, 3.63) is 60.7 Å². The highest BCUT2D eigenvalue weighted by molar-refractivity contribution is 7.04. The third kappa shape index (κ3) is 4.78. The molecule has 0 heterocycles. The maximum absolute atomic E-state index is 12.9. The molecular weight excluding hydrogens is 472 g/mol. The van der Waals surface area contributed by atoms with E-state index in [1.807, 2.05) is 12.1 Å². The first-order valence-corrected chi connectivity index (χ1v) is 17.2. The number of carbonyl (C=O) groups excluding carboxylic acids is 2. The Morgan fingerprint density at radius 3 is 1.63 bits per heavy atom. The molecule has 0 amide bonds. The molecule has 5 nitrogen and oxygen atoms in total. The summed E-state index contributed by atoms with van der Waals surface area (Å²) in [4.78, 5) is 25.8. The van der Waals surface area contributed by atoms with E-state index in [9.17, 15) is 9.59 Å². The molecule has 0 aromatic heterocycles. The van der Waals surface area contributed by atoms with E-state index in [4.69, 9.17) is 13.6 Å². The smallest absolute Gasteiger partial charge is 0.323 e. The molecule has 0 unspecified atom stereocenters. The van der Waals surface area contributed by atoms with Crippen LogP contribution in [-0.2, 0) is 23.2 Å². The molecule has 0 spiro atoms. The number of hydrogen-bond donors (Lipinski definition) is 0. The second-order valence-corrected chi connectivity index (χ2v) is 20.2. The molecule has 1 aliphatic rings. The van der Waals surface area contributed by atoms with E-state index in [-0.39, 0.29) is 16.5 Å². The van der Waals surface area contributed by atoms with Gasteiger partial charge >= 0.3 is 11.9 Å². The summed E-state index contributed by atoms with van der Waals surface area (Å²) in [7, 11) is -2.59. The van der Waals surface area contributed by atoms with Gasteiger partial charge in [-0.3, -0.25) is 9.59 Å². The highest BCUT2D eigenvalue weighted by Gasteiger charge is 2.62. The maximum Gasteiger partial charge on any atom is 0.323 e. The van der Waals surface area contributed by atoms with Crippen molar-refractivity contribution in [3.63, 3.8) is 0 Å². The van der Waals surface area contributed by atoms with E-state index in [2.05, 4.69) is 89.3 Å². The lowest BCUT2D eigenvalue weighted by Gasteiger charge is -2.49. The first-order chi connectivity index (χ1) is 16.4. The van der Waals surface area contributed by atoms with Gasteiger partial charge < -0.3 is 13.6 Å². The van der Waals surface area contributed by atoms with Crippen LogP contribution in [-0.4, -0.2) is 42.8 Å². The van der Waals surface area contributed by atoms with Crippen LogP contribution in [0.1, 0.15) is 40.5 Å². The molecule has 0 N–H and O–H groups in total. The molecule has 7 heteroatoms. The Morgan fingerprint density at radius 2 is 1.26 bits per heavy atom. The molecule has 1 fully saturated rings. The molecule has 1 saturated carbocycles. The van der Waals surface area contributed by atoms with E-state index < -0.39 is 34.0 Å². The zero-order valence-corrected chi connectivity index (χ0v) is 24.4. The summed E-state index contributed by atoms with van der Waals surface area (Å²) in [5.74, 6) is -0.893. The van der Waals surface area contributed by atoms with Gasteiger partial charge in [0, 0.05) is 0 Å². The Hall–Kier alpha value is -2.23. The number of carbonyl (C=O) groups is 2. The van der Waals surface area contributed by atoms with Crippen molar-refractivity contribution in [3.8, 4) is 0 Å². The number of esters is 2. The Kier molecular flexibility index (Phi) is 7.84. The highest BCUT2D eigenvalue weighted by Crippen LogP contribution is 2.55. The van der Waals surface area contributed by atoms with Crippen LogP contribution in [0.2, 0.25) is 23.7 Å². The first kappa shape index (κ1) is 27.4. The second kappa shape index (κ2) is 10.0. The topological polar surface area (TPSA) is 61.8 Å². The molecule has 0 saturated heterocycles. The van der Waals surface area contributed by atoms with E-state index in [1.54, 1.807) is 0 Å². The molecule has 35 heavy (non-hydrogen) atoms. The molecule has 190 valence electrons. The Bertz CT molecular complexity index is 975. The van der Waals surface area contributed by atoms with Crippen LogP contribution in [0, 0.1) is 11.3 Å². The Morgan fingerprint density at radius 1 is 0.829 bits per heavy atom.